The Kier molecular flexibility index (Phi) is 7.92. The van der Waals surface area contributed by atoms with E-state index in [1.54, 1.807) is 30.3 Å². The molecule has 156 valence electrons. The minimum absolute atomic E-state index is 0.0519. The molecule has 0 radical (unpaired) electrons. The molecule has 2 atom stereocenters. The van der Waals surface area contributed by atoms with E-state index in [1.807, 2.05) is 13.8 Å². The number of aldehydes is 1. The number of hydrogen-bond acceptors (Lipinski definition) is 5. The monoisotopic (exact) mass is 418 g/mol. The smallest absolute Gasteiger partial charge is 0.241 e. The van der Waals surface area contributed by atoms with Gasteiger partial charge in [0.15, 0.2) is 0 Å². The van der Waals surface area contributed by atoms with Gasteiger partial charge in [0, 0.05) is 0 Å². The standard InChI is InChI=1S/C21H26N2O5S/c1-15(2)12-20(23-29(27,28)19-6-4-3-5-7-19)21(26)22-17(14-24)13-16-8-10-18(25)11-9-16/h3-11,14-15,17,20,23,25H,12-13H2,1-2H3,(H,22,26)/t17-,20-/m0/s1. The molecule has 0 fully saturated rings. The predicted molar refractivity (Wildman–Crippen MR) is 110 cm³/mol. The minimum atomic E-state index is -3.88. The van der Waals surface area contributed by atoms with Crippen LogP contribution in [-0.2, 0) is 26.0 Å². The van der Waals surface area contributed by atoms with Crippen molar-refractivity contribution in [1.82, 2.24) is 10.0 Å². The van der Waals surface area contributed by atoms with E-state index < -0.39 is 28.0 Å². The lowest BCUT2D eigenvalue weighted by Gasteiger charge is -2.22. The quantitative estimate of drug-likeness (QED) is 0.511. The van der Waals surface area contributed by atoms with Crippen LogP contribution in [0.2, 0.25) is 0 Å². The molecule has 0 saturated heterocycles. The fourth-order valence-electron chi connectivity index (χ4n) is 2.84. The third-order valence-corrected chi connectivity index (χ3v) is 5.75. The van der Waals surface area contributed by atoms with Gasteiger partial charge in [-0.1, -0.05) is 44.2 Å². The number of phenolic OH excluding ortho intramolecular Hbond substituents is 1. The van der Waals surface area contributed by atoms with Crippen molar-refractivity contribution in [2.24, 2.45) is 5.92 Å². The van der Waals surface area contributed by atoms with Crippen molar-refractivity contribution in [3.8, 4) is 5.75 Å². The molecule has 2 aromatic carbocycles. The van der Waals surface area contributed by atoms with E-state index in [0.717, 1.165) is 5.56 Å². The first-order chi connectivity index (χ1) is 13.7. The molecule has 0 aliphatic heterocycles. The number of sulfonamides is 1. The summed E-state index contributed by atoms with van der Waals surface area (Å²) in [5.41, 5.74) is 0.755. The van der Waals surface area contributed by atoms with Gasteiger partial charge in [0.1, 0.15) is 18.1 Å². The van der Waals surface area contributed by atoms with Crippen molar-refractivity contribution in [2.75, 3.05) is 0 Å². The number of aromatic hydroxyl groups is 1. The average molecular weight is 419 g/mol. The fourth-order valence-corrected chi connectivity index (χ4v) is 4.07. The molecule has 0 aliphatic carbocycles. The summed E-state index contributed by atoms with van der Waals surface area (Å²) < 4.78 is 27.7. The van der Waals surface area contributed by atoms with E-state index in [-0.39, 0.29) is 29.4 Å². The summed E-state index contributed by atoms with van der Waals surface area (Å²) >= 11 is 0. The van der Waals surface area contributed by atoms with Crippen molar-refractivity contribution in [1.29, 1.82) is 0 Å². The van der Waals surface area contributed by atoms with Gasteiger partial charge in [0.25, 0.3) is 0 Å². The molecular formula is C21H26N2O5S. The Morgan fingerprint density at radius 1 is 1.07 bits per heavy atom. The summed E-state index contributed by atoms with van der Waals surface area (Å²) in [7, 11) is -3.88. The largest absolute Gasteiger partial charge is 0.508 e. The van der Waals surface area contributed by atoms with Crippen LogP contribution in [0, 0.1) is 5.92 Å². The SMILES string of the molecule is CC(C)C[C@H](NS(=O)(=O)c1ccccc1)C(=O)N[C@H](C=O)Cc1ccc(O)cc1. The summed E-state index contributed by atoms with van der Waals surface area (Å²) in [6, 6.07) is 12.3. The van der Waals surface area contributed by atoms with Crippen LogP contribution in [0.15, 0.2) is 59.5 Å². The Balaban J connectivity index is 2.12. The summed E-state index contributed by atoms with van der Waals surface area (Å²) in [6.07, 6.45) is 1.13. The maximum Gasteiger partial charge on any atom is 0.241 e. The molecule has 3 N–H and O–H groups in total. The molecule has 0 unspecified atom stereocenters. The molecule has 0 spiro atoms. The number of rotatable bonds is 10. The molecule has 29 heavy (non-hydrogen) atoms. The van der Waals surface area contributed by atoms with Crippen LogP contribution in [0.1, 0.15) is 25.8 Å². The summed E-state index contributed by atoms with van der Waals surface area (Å²) in [5.74, 6) is -0.405. The number of phenols is 1. The Morgan fingerprint density at radius 3 is 2.24 bits per heavy atom. The molecule has 0 heterocycles. The highest BCUT2D eigenvalue weighted by Gasteiger charge is 2.28. The van der Waals surface area contributed by atoms with Gasteiger partial charge >= 0.3 is 0 Å². The molecule has 0 aliphatic rings. The molecule has 0 aromatic heterocycles. The van der Waals surface area contributed by atoms with Gasteiger partial charge in [-0.25, -0.2) is 8.42 Å². The van der Waals surface area contributed by atoms with Crippen molar-refractivity contribution in [3.05, 3.63) is 60.2 Å². The van der Waals surface area contributed by atoms with Crippen molar-refractivity contribution in [3.63, 3.8) is 0 Å². The number of carbonyl (C=O) groups is 2. The molecule has 0 saturated carbocycles. The van der Waals surface area contributed by atoms with Crippen LogP contribution < -0.4 is 10.0 Å². The lowest BCUT2D eigenvalue weighted by Crippen LogP contribution is -2.51. The molecule has 8 heteroatoms. The Labute approximate surface area is 171 Å². The van der Waals surface area contributed by atoms with Gasteiger partial charge in [-0.15, -0.1) is 0 Å². The maximum atomic E-state index is 12.8. The first-order valence-electron chi connectivity index (χ1n) is 9.32. The number of amides is 1. The van der Waals surface area contributed by atoms with Gasteiger partial charge in [0.05, 0.1) is 10.9 Å². The topological polar surface area (TPSA) is 113 Å². The summed E-state index contributed by atoms with van der Waals surface area (Å²) in [4.78, 5) is 24.3. The summed E-state index contributed by atoms with van der Waals surface area (Å²) in [5, 5.41) is 12.0. The van der Waals surface area contributed by atoms with E-state index >= 15 is 0 Å². The normalized spacial score (nSPS) is 13.6. The van der Waals surface area contributed by atoms with Crippen LogP contribution in [-0.4, -0.2) is 37.8 Å². The third kappa shape index (κ3) is 6.99. The van der Waals surface area contributed by atoms with E-state index in [2.05, 4.69) is 10.0 Å². The predicted octanol–water partition coefficient (Wildman–Crippen LogP) is 2.01. The van der Waals surface area contributed by atoms with E-state index in [4.69, 9.17) is 0 Å². The van der Waals surface area contributed by atoms with Crippen LogP contribution in [0.5, 0.6) is 5.75 Å². The molecule has 7 nitrogen and oxygen atoms in total. The highest BCUT2D eigenvalue weighted by molar-refractivity contribution is 7.89. The second-order valence-corrected chi connectivity index (χ2v) is 8.95. The van der Waals surface area contributed by atoms with Gasteiger partial charge in [-0.2, -0.15) is 4.72 Å². The zero-order chi connectivity index (χ0) is 21.4. The minimum Gasteiger partial charge on any atom is -0.508 e. The van der Waals surface area contributed by atoms with Gasteiger partial charge in [-0.3, -0.25) is 4.79 Å². The van der Waals surface area contributed by atoms with E-state index in [1.165, 1.54) is 24.3 Å². The summed E-state index contributed by atoms with van der Waals surface area (Å²) in [6.45, 7) is 3.76. The first-order valence-corrected chi connectivity index (χ1v) is 10.8. The molecular weight excluding hydrogens is 392 g/mol. The third-order valence-electron chi connectivity index (χ3n) is 4.26. The van der Waals surface area contributed by atoms with Gasteiger partial charge < -0.3 is 15.2 Å². The zero-order valence-corrected chi connectivity index (χ0v) is 17.2. The van der Waals surface area contributed by atoms with Crippen molar-refractivity contribution >= 4 is 22.2 Å². The maximum absolute atomic E-state index is 12.8. The number of benzene rings is 2. The second kappa shape index (κ2) is 10.2. The Bertz CT molecular complexity index is 912. The molecule has 2 aromatic rings. The molecule has 2 rings (SSSR count). The van der Waals surface area contributed by atoms with E-state index in [9.17, 15) is 23.1 Å². The van der Waals surface area contributed by atoms with Crippen LogP contribution >= 0.6 is 0 Å². The highest BCUT2D eigenvalue weighted by atomic mass is 32.2. The van der Waals surface area contributed by atoms with Gasteiger partial charge in [-0.05, 0) is 48.6 Å². The lowest BCUT2D eigenvalue weighted by molar-refractivity contribution is -0.125. The van der Waals surface area contributed by atoms with E-state index in [0.29, 0.717) is 6.29 Å². The second-order valence-electron chi connectivity index (χ2n) is 7.24. The van der Waals surface area contributed by atoms with Crippen LogP contribution in [0.4, 0.5) is 0 Å². The number of nitrogens with one attached hydrogen (secondary N) is 2. The number of carbonyl (C=O) groups excluding carboxylic acids is 2. The van der Waals surface area contributed by atoms with Crippen molar-refractivity contribution in [2.45, 2.75) is 43.7 Å². The Morgan fingerprint density at radius 2 is 1.69 bits per heavy atom. The fraction of sp³-hybridized carbons (Fsp3) is 0.333. The zero-order valence-electron chi connectivity index (χ0n) is 16.4. The van der Waals surface area contributed by atoms with Gasteiger partial charge in [0.2, 0.25) is 15.9 Å². The molecule has 1 amide bonds. The number of hydrogen-bond donors (Lipinski definition) is 3. The van der Waals surface area contributed by atoms with Crippen LogP contribution in [0.3, 0.4) is 0 Å². The lowest BCUT2D eigenvalue weighted by atomic mass is 10.0. The first kappa shape index (κ1) is 22.6. The average Bonchev–Trinajstić information content (AvgIpc) is 2.68. The molecule has 0 bridgehead atoms. The highest BCUT2D eigenvalue weighted by Crippen LogP contribution is 2.14. The Hall–Kier alpha value is -2.71. The van der Waals surface area contributed by atoms with Crippen molar-refractivity contribution < 1.29 is 23.1 Å². The van der Waals surface area contributed by atoms with Crippen LogP contribution in [0.25, 0.3) is 0 Å².